The van der Waals surface area contributed by atoms with Gasteiger partial charge in [0.15, 0.2) is 0 Å². The zero-order valence-electron chi connectivity index (χ0n) is 17.3. The van der Waals surface area contributed by atoms with Gasteiger partial charge < -0.3 is 10.7 Å². The predicted octanol–water partition coefficient (Wildman–Crippen LogP) is 3.13. The predicted molar refractivity (Wildman–Crippen MR) is 117 cm³/mol. The summed E-state index contributed by atoms with van der Waals surface area (Å²) < 4.78 is 1.63. The Morgan fingerprint density at radius 3 is 2.57 bits per heavy atom. The zero-order chi connectivity index (χ0) is 20.3. The number of nitrogen functional groups attached to an aromatic ring is 1. The zero-order valence-corrected chi connectivity index (χ0v) is 17.3. The molecule has 0 aliphatic carbocycles. The maximum Gasteiger partial charge on any atom is 0.148 e. The summed E-state index contributed by atoms with van der Waals surface area (Å²) in [5.41, 5.74) is 3.51. The van der Waals surface area contributed by atoms with E-state index in [2.05, 4.69) is 47.9 Å². The van der Waals surface area contributed by atoms with Crippen molar-refractivity contribution in [2.24, 2.45) is 0 Å². The van der Waals surface area contributed by atoms with E-state index in [0.717, 1.165) is 48.2 Å². The van der Waals surface area contributed by atoms with E-state index >= 15 is 0 Å². The van der Waals surface area contributed by atoms with E-state index in [9.17, 15) is 0 Å². The van der Waals surface area contributed by atoms with Crippen LogP contribution >= 0.6 is 0 Å². The van der Waals surface area contributed by atoms with E-state index in [1.807, 2.05) is 37.5 Å². The number of anilines is 1. The van der Waals surface area contributed by atoms with Gasteiger partial charge in [-0.05, 0) is 37.5 Å². The molecular formula is C23H31N5. The minimum atomic E-state index is -0.0407. The third-order valence-electron chi connectivity index (χ3n) is 5.68. The lowest BCUT2D eigenvalue weighted by Crippen LogP contribution is -2.35. The molecule has 28 heavy (non-hydrogen) atoms. The summed E-state index contributed by atoms with van der Waals surface area (Å²) in [4.78, 5) is 11.3. The molecule has 1 aliphatic heterocycles. The Morgan fingerprint density at radius 1 is 1.21 bits per heavy atom. The summed E-state index contributed by atoms with van der Waals surface area (Å²) in [5.74, 6) is 7.11. The lowest BCUT2D eigenvalue weighted by atomic mass is 9.73. The highest BCUT2D eigenvalue weighted by Crippen LogP contribution is 2.52. The highest BCUT2D eigenvalue weighted by Gasteiger charge is 2.45. The fraction of sp³-hybridized carbons (Fsp3) is 0.391. The van der Waals surface area contributed by atoms with E-state index in [1.54, 1.807) is 4.68 Å². The van der Waals surface area contributed by atoms with Gasteiger partial charge in [-0.15, -0.1) is 0 Å². The van der Waals surface area contributed by atoms with Crippen LogP contribution in [0.3, 0.4) is 0 Å². The Balaban J connectivity index is 2.07. The standard InChI is InChI=1S/C23H31N5/c1-6-9-10-20-17(4)26-22(28(20)24)16-27-18(5)23(12-7-2,13-8-3)19-11-14-25-15-21(19)27/h6,9-11,14-15H,4-5,7-8,12-13,16,24H2,1-3H3/b9-6-,20-10+. The van der Waals surface area contributed by atoms with Gasteiger partial charge >= 0.3 is 0 Å². The highest BCUT2D eigenvalue weighted by molar-refractivity contribution is 5.69. The molecule has 0 fully saturated rings. The van der Waals surface area contributed by atoms with Crippen LogP contribution < -0.4 is 21.4 Å². The molecule has 148 valence electrons. The molecular weight excluding hydrogens is 346 g/mol. The van der Waals surface area contributed by atoms with Crippen molar-refractivity contribution in [1.82, 2.24) is 14.6 Å². The molecule has 0 amide bonds. The van der Waals surface area contributed by atoms with Crippen LogP contribution in [0.2, 0.25) is 0 Å². The number of pyridine rings is 1. The first kappa shape index (κ1) is 19.9. The molecule has 0 unspecified atom stereocenters. The van der Waals surface area contributed by atoms with Crippen LogP contribution in [-0.2, 0) is 12.0 Å². The van der Waals surface area contributed by atoms with Gasteiger partial charge in [0.05, 0.1) is 29.1 Å². The van der Waals surface area contributed by atoms with Crippen molar-refractivity contribution in [2.75, 3.05) is 10.7 Å². The summed E-state index contributed by atoms with van der Waals surface area (Å²) in [6.07, 6.45) is 14.0. The monoisotopic (exact) mass is 377 g/mol. The SMILES string of the molecule is C=C1N(Cc2nc(=C)/c(=C\C=C/C)n2N)c2cnccc2C1(CCC)CCC. The normalized spacial score (nSPS) is 16.3. The van der Waals surface area contributed by atoms with Gasteiger partial charge in [0.25, 0.3) is 0 Å². The number of rotatable bonds is 7. The average Bonchev–Trinajstić information content (AvgIpc) is 3.08. The molecule has 2 N–H and O–H groups in total. The lowest BCUT2D eigenvalue weighted by Gasteiger charge is -2.32. The second-order valence-corrected chi connectivity index (χ2v) is 7.43. The second-order valence-electron chi connectivity index (χ2n) is 7.43. The molecule has 2 aromatic rings. The summed E-state index contributed by atoms with van der Waals surface area (Å²) in [6, 6.07) is 2.15. The van der Waals surface area contributed by atoms with Gasteiger partial charge in [-0.25, -0.2) is 9.66 Å². The minimum absolute atomic E-state index is 0.0407. The minimum Gasteiger partial charge on any atom is -0.337 e. The van der Waals surface area contributed by atoms with Crippen LogP contribution in [-0.4, -0.2) is 14.6 Å². The number of nitrogens with two attached hydrogens (primary N) is 1. The van der Waals surface area contributed by atoms with E-state index in [-0.39, 0.29) is 5.41 Å². The van der Waals surface area contributed by atoms with Crippen LogP contribution in [0.15, 0.2) is 42.9 Å². The van der Waals surface area contributed by atoms with Crippen molar-refractivity contribution in [1.29, 1.82) is 0 Å². The van der Waals surface area contributed by atoms with Gasteiger partial charge in [0.2, 0.25) is 0 Å². The van der Waals surface area contributed by atoms with Crippen molar-refractivity contribution in [2.45, 2.75) is 58.4 Å². The first-order chi connectivity index (χ1) is 13.5. The molecule has 1 aliphatic rings. The molecule has 0 atom stereocenters. The van der Waals surface area contributed by atoms with E-state index < -0.39 is 0 Å². The summed E-state index contributed by atoms with van der Waals surface area (Å²) >= 11 is 0. The fourth-order valence-electron chi connectivity index (χ4n) is 4.44. The van der Waals surface area contributed by atoms with Crippen molar-refractivity contribution in [3.63, 3.8) is 0 Å². The third-order valence-corrected chi connectivity index (χ3v) is 5.68. The molecule has 0 saturated carbocycles. The number of imidazole rings is 1. The average molecular weight is 378 g/mol. The molecule has 2 aromatic heterocycles. The van der Waals surface area contributed by atoms with E-state index in [4.69, 9.17) is 5.84 Å². The molecule has 5 heteroatoms. The number of nitrogens with zero attached hydrogens (tertiary/aromatic N) is 4. The Morgan fingerprint density at radius 2 is 1.93 bits per heavy atom. The topological polar surface area (TPSA) is 60.0 Å². The highest BCUT2D eigenvalue weighted by atomic mass is 15.3. The van der Waals surface area contributed by atoms with Gasteiger partial charge in [-0.2, -0.15) is 0 Å². The van der Waals surface area contributed by atoms with Crippen LogP contribution in [0, 0.1) is 0 Å². The number of fused-ring (bicyclic) bond motifs is 1. The number of allylic oxidation sites excluding steroid dienone is 3. The largest absolute Gasteiger partial charge is 0.337 e. The maximum atomic E-state index is 6.35. The lowest BCUT2D eigenvalue weighted by molar-refractivity contribution is 0.425. The molecule has 0 saturated heterocycles. The Labute approximate surface area is 167 Å². The summed E-state index contributed by atoms with van der Waals surface area (Å²) in [6.45, 7) is 15.6. The van der Waals surface area contributed by atoms with Crippen LogP contribution in [0.5, 0.6) is 0 Å². The number of aromatic nitrogens is 3. The molecule has 0 bridgehead atoms. The molecule has 0 spiro atoms. The molecule has 5 nitrogen and oxygen atoms in total. The van der Waals surface area contributed by atoms with Gasteiger partial charge in [0, 0.05) is 17.3 Å². The third kappa shape index (κ3) is 3.15. The Kier molecular flexibility index (Phi) is 5.73. The first-order valence-electron chi connectivity index (χ1n) is 10.1. The van der Waals surface area contributed by atoms with Gasteiger partial charge in [-0.1, -0.05) is 52.0 Å². The molecule has 0 radical (unpaired) electrons. The maximum absolute atomic E-state index is 6.35. The molecule has 3 rings (SSSR count). The molecule has 0 aromatic carbocycles. The Hall–Kier alpha value is -2.82. The second kappa shape index (κ2) is 8.05. The van der Waals surface area contributed by atoms with Gasteiger partial charge in [0.1, 0.15) is 5.82 Å². The quantitative estimate of drug-likeness (QED) is 0.753. The number of hydrogen-bond donors (Lipinski definition) is 1. The van der Waals surface area contributed by atoms with Crippen LogP contribution in [0.1, 0.15) is 57.8 Å². The first-order valence-corrected chi connectivity index (χ1v) is 10.1. The van der Waals surface area contributed by atoms with Crippen molar-refractivity contribution < 1.29 is 0 Å². The van der Waals surface area contributed by atoms with Crippen LogP contribution in [0.25, 0.3) is 12.7 Å². The van der Waals surface area contributed by atoms with E-state index in [0.29, 0.717) is 11.9 Å². The van der Waals surface area contributed by atoms with Gasteiger partial charge in [-0.3, -0.25) is 4.98 Å². The smallest absolute Gasteiger partial charge is 0.148 e. The van der Waals surface area contributed by atoms with Crippen molar-refractivity contribution >= 4 is 18.3 Å². The molecule has 3 heterocycles. The van der Waals surface area contributed by atoms with Crippen molar-refractivity contribution in [3.8, 4) is 0 Å². The Bertz CT molecular complexity index is 992. The van der Waals surface area contributed by atoms with E-state index in [1.165, 1.54) is 5.56 Å². The summed E-state index contributed by atoms with van der Waals surface area (Å²) in [5, 5.41) is 1.50. The fourth-order valence-corrected chi connectivity index (χ4v) is 4.44. The van der Waals surface area contributed by atoms with Crippen LogP contribution in [0.4, 0.5) is 5.69 Å². The van der Waals surface area contributed by atoms with Crippen molar-refractivity contribution in [3.05, 3.63) is 65.0 Å². The summed E-state index contributed by atoms with van der Waals surface area (Å²) in [7, 11) is 0. The number of hydrogen-bond acceptors (Lipinski definition) is 4.